The van der Waals surface area contributed by atoms with Gasteiger partial charge >= 0.3 is 88.9 Å². The van der Waals surface area contributed by atoms with E-state index in [-0.39, 0.29) is 0 Å². The Morgan fingerprint density at radius 2 is 1.93 bits per heavy atom. The third kappa shape index (κ3) is 2.29. The summed E-state index contributed by atoms with van der Waals surface area (Å²) in [6.07, 6.45) is 0. The fourth-order valence-electron chi connectivity index (χ4n) is 1.45. The van der Waals surface area contributed by atoms with Gasteiger partial charge in [0.25, 0.3) is 0 Å². The molecule has 0 fully saturated rings. The normalized spacial score (nSPS) is 11.4. The summed E-state index contributed by atoms with van der Waals surface area (Å²) in [4.78, 5) is 15.6. The van der Waals surface area contributed by atoms with E-state index in [9.17, 15) is 4.79 Å². The number of hydrogen-bond donors (Lipinski definition) is 1. The molecule has 0 bridgehead atoms. The third-order valence-electron chi connectivity index (χ3n) is 2.77. The average Bonchev–Trinajstić information content (AvgIpc) is 2.18. The van der Waals surface area contributed by atoms with Gasteiger partial charge in [0.1, 0.15) is 0 Å². The van der Waals surface area contributed by atoms with E-state index in [0.717, 1.165) is 8.02 Å². The van der Waals surface area contributed by atoms with Crippen LogP contribution in [0.25, 0.3) is 0 Å². The molecular weight excluding hydrogens is 283 g/mol. The fraction of sp³-hybridized carbons (Fsp3) is 0.364. The van der Waals surface area contributed by atoms with Crippen molar-refractivity contribution in [3.63, 3.8) is 0 Å². The van der Waals surface area contributed by atoms with Crippen LogP contribution in [-0.4, -0.2) is 29.5 Å². The Morgan fingerprint density at radius 1 is 1.36 bits per heavy atom. The molecule has 14 heavy (non-hydrogen) atoms. The van der Waals surface area contributed by atoms with Gasteiger partial charge in [-0.3, -0.25) is 0 Å². The number of carbonyl (C=O) groups is 1. The molecule has 1 aromatic rings. The van der Waals surface area contributed by atoms with Crippen molar-refractivity contribution in [2.24, 2.45) is 0 Å². The predicted molar refractivity (Wildman–Crippen MR) is 61.0 cm³/mol. The van der Waals surface area contributed by atoms with Crippen molar-refractivity contribution in [3.8, 4) is 0 Å². The molecule has 0 heterocycles. The molecule has 0 aliphatic carbocycles. The van der Waals surface area contributed by atoms with Crippen molar-refractivity contribution in [2.75, 3.05) is 0 Å². The first-order valence-electron chi connectivity index (χ1n) is 4.82. The molecule has 0 atom stereocenters. The maximum absolute atomic E-state index is 11.0. The van der Waals surface area contributed by atoms with Crippen LogP contribution in [0.4, 0.5) is 0 Å². The van der Waals surface area contributed by atoms with E-state index >= 15 is 0 Å². The molecule has 2 nitrogen and oxygen atoms in total. The molecule has 0 aliphatic heterocycles. The van der Waals surface area contributed by atoms with E-state index in [1.54, 1.807) is 12.1 Å². The fourth-order valence-corrected chi connectivity index (χ4v) is 6.72. The molecular formula is C11H16O2Sn. The van der Waals surface area contributed by atoms with Gasteiger partial charge in [0.2, 0.25) is 0 Å². The van der Waals surface area contributed by atoms with Crippen molar-refractivity contribution >= 4 is 27.9 Å². The zero-order valence-electron chi connectivity index (χ0n) is 8.87. The van der Waals surface area contributed by atoms with Gasteiger partial charge in [-0.2, -0.15) is 0 Å². The van der Waals surface area contributed by atoms with Gasteiger partial charge in [-0.25, -0.2) is 0 Å². The van der Waals surface area contributed by atoms with Crippen LogP contribution >= 0.6 is 0 Å². The second-order valence-electron chi connectivity index (χ2n) is 4.09. The van der Waals surface area contributed by atoms with Crippen LogP contribution in [0, 0.1) is 0 Å². The summed E-state index contributed by atoms with van der Waals surface area (Å²) in [6, 6.07) is 7.44. The van der Waals surface area contributed by atoms with Gasteiger partial charge in [-0.1, -0.05) is 0 Å². The molecule has 0 radical (unpaired) electrons. The quantitative estimate of drug-likeness (QED) is 0.870. The van der Waals surface area contributed by atoms with Crippen LogP contribution < -0.4 is 3.58 Å². The Balaban J connectivity index is 3.27. The van der Waals surface area contributed by atoms with E-state index in [4.69, 9.17) is 5.11 Å². The number of hydrogen-bond acceptors (Lipinski definition) is 1. The van der Waals surface area contributed by atoms with E-state index in [1.807, 2.05) is 12.1 Å². The number of carboxylic acids is 1. The Morgan fingerprint density at radius 3 is 2.43 bits per heavy atom. The van der Waals surface area contributed by atoms with Gasteiger partial charge in [0.15, 0.2) is 0 Å². The second-order valence-corrected chi connectivity index (χ2v) is 18.4. The van der Waals surface area contributed by atoms with Gasteiger partial charge in [-0.15, -0.1) is 0 Å². The topological polar surface area (TPSA) is 37.3 Å². The summed E-state index contributed by atoms with van der Waals surface area (Å²) in [5.74, 6) is -0.793. The van der Waals surface area contributed by atoms with Crippen molar-refractivity contribution in [1.82, 2.24) is 0 Å². The van der Waals surface area contributed by atoms with Crippen LogP contribution in [0.1, 0.15) is 17.3 Å². The van der Waals surface area contributed by atoms with Crippen molar-refractivity contribution in [2.45, 2.75) is 21.2 Å². The standard InChI is InChI=1S/C7H5O2.C2H5.2CH3.Sn/c8-7(9)6-4-2-1-3-5-6;1-2;;;/h1-4H,(H,8,9);1H2,2H3;2*1H3;. The van der Waals surface area contributed by atoms with Gasteiger partial charge in [-0.05, 0) is 0 Å². The maximum atomic E-state index is 11.0. The molecule has 0 saturated heterocycles. The van der Waals surface area contributed by atoms with E-state index in [1.165, 1.54) is 0 Å². The summed E-state index contributed by atoms with van der Waals surface area (Å²) in [6.45, 7) is 2.16. The summed E-state index contributed by atoms with van der Waals surface area (Å²) in [5, 5.41) is 9.06. The second kappa shape index (κ2) is 4.34. The van der Waals surface area contributed by atoms with E-state index < -0.39 is 24.3 Å². The molecule has 1 aromatic carbocycles. The monoisotopic (exact) mass is 300 g/mol. The summed E-state index contributed by atoms with van der Waals surface area (Å²) < 4.78 is 2.26. The summed E-state index contributed by atoms with van der Waals surface area (Å²) in [5.41, 5.74) is 0.509. The van der Waals surface area contributed by atoms with Crippen molar-refractivity contribution in [1.29, 1.82) is 0 Å². The Bertz CT molecular complexity index is 345. The minimum absolute atomic E-state index is 0.509. The predicted octanol–water partition coefficient (Wildman–Crippen LogP) is 2.32. The van der Waals surface area contributed by atoms with Crippen LogP contribution in [0.5, 0.6) is 0 Å². The van der Waals surface area contributed by atoms with Crippen molar-refractivity contribution in [3.05, 3.63) is 29.8 Å². The molecule has 0 saturated carbocycles. The van der Waals surface area contributed by atoms with Gasteiger partial charge in [0, 0.05) is 0 Å². The van der Waals surface area contributed by atoms with Crippen molar-refractivity contribution < 1.29 is 9.90 Å². The van der Waals surface area contributed by atoms with Crippen LogP contribution in [-0.2, 0) is 0 Å². The molecule has 0 aliphatic rings. The number of carboxylic acid groups (broad SMARTS) is 1. The molecule has 0 spiro atoms. The first-order chi connectivity index (χ1) is 6.49. The molecule has 3 heteroatoms. The van der Waals surface area contributed by atoms with Crippen LogP contribution in [0.3, 0.4) is 0 Å². The zero-order chi connectivity index (χ0) is 10.8. The van der Waals surface area contributed by atoms with Crippen LogP contribution in [0.2, 0.25) is 14.3 Å². The molecule has 1 rings (SSSR count). The summed E-state index contributed by atoms with van der Waals surface area (Å²) >= 11 is -2.29. The first-order valence-corrected chi connectivity index (χ1v) is 14.0. The molecule has 0 unspecified atom stereocenters. The Kier molecular flexibility index (Phi) is 3.58. The van der Waals surface area contributed by atoms with E-state index in [2.05, 4.69) is 16.8 Å². The minimum atomic E-state index is -2.29. The van der Waals surface area contributed by atoms with Crippen LogP contribution in [0.15, 0.2) is 24.3 Å². The molecule has 1 N–H and O–H groups in total. The average molecular weight is 299 g/mol. The first kappa shape index (κ1) is 11.6. The number of benzene rings is 1. The zero-order valence-corrected chi connectivity index (χ0v) is 11.7. The van der Waals surface area contributed by atoms with Gasteiger partial charge < -0.3 is 0 Å². The molecule has 0 aromatic heterocycles. The Hall–Kier alpha value is -0.511. The molecule has 76 valence electrons. The SMILES string of the molecule is C[CH2][Sn]([CH3])([CH3])[c]1ccccc1C(=O)O. The van der Waals surface area contributed by atoms with Gasteiger partial charge in [0.05, 0.1) is 0 Å². The molecule has 0 amide bonds. The Labute approximate surface area is 88.8 Å². The summed E-state index contributed by atoms with van der Waals surface area (Å²) in [7, 11) is 0. The van der Waals surface area contributed by atoms with E-state index in [0.29, 0.717) is 5.56 Å². The third-order valence-corrected chi connectivity index (χ3v) is 13.2. The number of aromatic carboxylic acids is 1. The number of rotatable bonds is 3.